The number of pyridine rings is 1. The van der Waals surface area contributed by atoms with Crippen molar-refractivity contribution in [1.29, 1.82) is 0 Å². The molecule has 1 N–H and O–H groups in total. The molecule has 2 saturated carbocycles. The van der Waals surface area contributed by atoms with E-state index in [0.717, 1.165) is 38.5 Å². The number of carbonyl (C=O) groups excluding carboxylic acids is 2. The molecule has 0 atom stereocenters. The van der Waals surface area contributed by atoms with Gasteiger partial charge in [0.2, 0.25) is 5.43 Å². The van der Waals surface area contributed by atoms with E-state index in [1.165, 1.54) is 29.7 Å². The third kappa shape index (κ3) is 5.20. The fraction of sp³-hybridized carbons (Fsp3) is 0.552. The monoisotopic (exact) mass is 490 g/mol. The Bertz CT molecular complexity index is 1180. The van der Waals surface area contributed by atoms with Gasteiger partial charge in [0.1, 0.15) is 11.1 Å². The van der Waals surface area contributed by atoms with Gasteiger partial charge in [-0.15, -0.1) is 0 Å². The Morgan fingerprint density at radius 1 is 0.861 bits per heavy atom. The zero-order valence-electron chi connectivity index (χ0n) is 21.6. The molecule has 2 heterocycles. The molecule has 3 fully saturated rings. The van der Waals surface area contributed by atoms with Gasteiger partial charge in [-0.2, -0.15) is 0 Å². The van der Waals surface area contributed by atoms with Crippen LogP contribution in [0.4, 0.5) is 5.69 Å². The van der Waals surface area contributed by atoms with Crippen molar-refractivity contribution < 1.29 is 9.59 Å². The largest absolute Gasteiger partial charge is 0.368 e. The molecule has 36 heavy (non-hydrogen) atoms. The first kappa shape index (κ1) is 24.6. The van der Waals surface area contributed by atoms with Gasteiger partial charge in [-0.05, 0) is 56.7 Å². The summed E-state index contributed by atoms with van der Waals surface area (Å²) in [5, 5.41) is 3.10. The Kier molecular flexibility index (Phi) is 7.17. The van der Waals surface area contributed by atoms with Gasteiger partial charge >= 0.3 is 0 Å². The van der Waals surface area contributed by atoms with E-state index in [-0.39, 0.29) is 35.0 Å². The standard InChI is InChI=1S/C29H38N4O3/c1-20-8-7-11-26(21(20)2)31-14-16-32(17-15-31)29(36)25-19-33(23-12-13-23)18-24(27(25)34)28(35)30-22-9-5-3-4-6-10-22/h7-8,11,18-19,22-23H,3-6,9-10,12-17H2,1-2H3,(H,30,35). The Balaban J connectivity index is 1.34. The number of hydrogen-bond donors (Lipinski definition) is 1. The first-order valence-corrected chi connectivity index (χ1v) is 13.6. The van der Waals surface area contributed by atoms with Crippen LogP contribution in [0.5, 0.6) is 0 Å². The number of benzene rings is 1. The van der Waals surface area contributed by atoms with Crippen molar-refractivity contribution in [2.24, 2.45) is 0 Å². The van der Waals surface area contributed by atoms with Crippen LogP contribution < -0.4 is 15.6 Å². The van der Waals surface area contributed by atoms with E-state index in [1.54, 1.807) is 17.3 Å². The van der Waals surface area contributed by atoms with Gasteiger partial charge in [0.05, 0.1) is 0 Å². The molecule has 7 nitrogen and oxygen atoms in total. The van der Waals surface area contributed by atoms with Crippen LogP contribution in [0.1, 0.15) is 89.3 Å². The van der Waals surface area contributed by atoms with E-state index >= 15 is 0 Å². The summed E-state index contributed by atoms with van der Waals surface area (Å²) in [4.78, 5) is 44.3. The smallest absolute Gasteiger partial charge is 0.259 e. The molecule has 2 aliphatic carbocycles. The molecule has 3 aliphatic rings. The Labute approximate surface area is 213 Å². The maximum absolute atomic E-state index is 13.6. The van der Waals surface area contributed by atoms with Gasteiger partial charge in [-0.1, -0.05) is 37.8 Å². The SMILES string of the molecule is Cc1cccc(N2CCN(C(=O)c3cn(C4CC4)cc(C(=O)NC4CCCCCC4)c3=O)CC2)c1C. The molecule has 1 saturated heterocycles. The summed E-state index contributed by atoms with van der Waals surface area (Å²) in [5.74, 6) is -0.602. The van der Waals surface area contributed by atoms with Gasteiger partial charge in [0.15, 0.2) is 0 Å². The summed E-state index contributed by atoms with van der Waals surface area (Å²) < 4.78 is 1.92. The summed E-state index contributed by atoms with van der Waals surface area (Å²) in [5.41, 5.74) is 3.50. The highest BCUT2D eigenvalue weighted by Gasteiger charge is 2.30. The lowest BCUT2D eigenvalue weighted by atomic mass is 10.1. The molecule has 192 valence electrons. The maximum atomic E-state index is 13.6. The van der Waals surface area contributed by atoms with Gasteiger partial charge in [0, 0.05) is 56.3 Å². The minimum Gasteiger partial charge on any atom is -0.368 e. The van der Waals surface area contributed by atoms with Crippen LogP contribution in [0.25, 0.3) is 0 Å². The molecule has 0 radical (unpaired) electrons. The number of carbonyl (C=O) groups is 2. The normalized spacial score (nSPS) is 19.2. The topological polar surface area (TPSA) is 74.7 Å². The number of rotatable bonds is 5. The van der Waals surface area contributed by atoms with Crippen LogP contribution in [0.3, 0.4) is 0 Å². The Morgan fingerprint density at radius 3 is 2.19 bits per heavy atom. The summed E-state index contributed by atoms with van der Waals surface area (Å²) in [6.45, 7) is 6.78. The zero-order chi connectivity index (χ0) is 25.2. The Hall–Kier alpha value is -3.09. The molecule has 5 rings (SSSR count). The van der Waals surface area contributed by atoms with Crippen molar-refractivity contribution in [2.45, 2.75) is 77.3 Å². The molecule has 7 heteroatoms. The number of amides is 2. The highest BCUT2D eigenvalue weighted by atomic mass is 16.2. The molecule has 1 aromatic carbocycles. The molecule has 1 aliphatic heterocycles. The third-order valence-corrected chi connectivity index (χ3v) is 8.16. The number of nitrogens with one attached hydrogen (secondary N) is 1. The molecule has 1 aromatic heterocycles. The zero-order valence-corrected chi connectivity index (χ0v) is 21.6. The van der Waals surface area contributed by atoms with E-state index in [0.29, 0.717) is 26.2 Å². The van der Waals surface area contributed by atoms with Crippen molar-refractivity contribution in [3.05, 3.63) is 63.1 Å². The highest BCUT2D eigenvalue weighted by Crippen LogP contribution is 2.34. The molecular formula is C29H38N4O3. The van der Waals surface area contributed by atoms with Crippen molar-refractivity contribution in [2.75, 3.05) is 31.1 Å². The quantitative estimate of drug-likeness (QED) is 0.637. The molecule has 2 aromatic rings. The summed E-state index contributed by atoms with van der Waals surface area (Å²) in [7, 11) is 0. The molecule has 0 bridgehead atoms. The fourth-order valence-electron chi connectivity index (χ4n) is 5.58. The van der Waals surface area contributed by atoms with E-state index in [1.807, 2.05) is 4.57 Å². The summed E-state index contributed by atoms with van der Waals surface area (Å²) in [6, 6.07) is 6.68. The van der Waals surface area contributed by atoms with Crippen molar-refractivity contribution in [3.8, 4) is 0 Å². The van der Waals surface area contributed by atoms with Crippen LogP contribution >= 0.6 is 0 Å². The van der Waals surface area contributed by atoms with Crippen LogP contribution in [0.2, 0.25) is 0 Å². The van der Waals surface area contributed by atoms with Gasteiger partial charge in [-0.3, -0.25) is 14.4 Å². The number of aromatic nitrogens is 1. The predicted molar refractivity (Wildman–Crippen MR) is 142 cm³/mol. The molecular weight excluding hydrogens is 452 g/mol. The van der Waals surface area contributed by atoms with Crippen LogP contribution in [-0.2, 0) is 0 Å². The second-order valence-corrected chi connectivity index (χ2v) is 10.8. The second-order valence-electron chi connectivity index (χ2n) is 10.8. The number of hydrogen-bond acceptors (Lipinski definition) is 4. The van der Waals surface area contributed by atoms with Crippen LogP contribution in [-0.4, -0.2) is 53.5 Å². The average Bonchev–Trinajstić information content (AvgIpc) is 3.74. The van der Waals surface area contributed by atoms with Crippen molar-refractivity contribution in [3.63, 3.8) is 0 Å². The number of aryl methyl sites for hydroxylation is 1. The van der Waals surface area contributed by atoms with E-state index in [4.69, 9.17) is 0 Å². The van der Waals surface area contributed by atoms with Crippen LogP contribution in [0, 0.1) is 13.8 Å². The number of nitrogens with zero attached hydrogens (tertiary/aromatic N) is 3. The first-order chi connectivity index (χ1) is 17.4. The Morgan fingerprint density at radius 2 is 1.53 bits per heavy atom. The van der Waals surface area contributed by atoms with E-state index < -0.39 is 5.43 Å². The average molecular weight is 491 g/mol. The fourth-order valence-corrected chi connectivity index (χ4v) is 5.58. The van der Waals surface area contributed by atoms with Gasteiger partial charge in [-0.25, -0.2) is 0 Å². The molecule has 0 unspecified atom stereocenters. The lowest BCUT2D eigenvalue weighted by Gasteiger charge is -2.37. The lowest BCUT2D eigenvalue weighted by Crippen LogP contribution is -2.50. The molecule has 2 amide bonds. The number of anilines is 1. The summed E-state index contributed by atoms with van der Waals surface area (Å²) in [6.07, 6.45) is 11.9. The first-order valence-electron chi connectivity index (χ1n) is 13.6. The van der Waals surface area contributed by atoms with Gasteiger partial charge < -0.3 is 19.7 Å². The third-order valence-electron chi connectivity index (χ3n) is 8.16. The number of piperazine rings is 1. The summed E-state index contributed by atoms with van der Waals surface area (Å²) >= 11 is 0. The van der Waals surface area contributed by atoms with Crippen LogP contribution in [0.15, 0.2) is 35.4 Å². The molecule has 0 spiro atoms. The highest BCUT2D eigenvalue weighted by molar-refractivity contribution is 5.99. The van der Waals surface area contributed by atoms with Crippen molar-refractivity contribution in [1.82, 2.24) is 14.8 Å². The maximum Gasteiger partial charge on any atom is 0.259 e. The minimum atomic E-state index is -0.444. The van der Waals surface area contributed by atoms with Crippen molar-refractivity contribution >= 4 is 17.5 Å². The van der Waals surface area contributed by atoms with E-state index in [9.17, 15) is 14.4 Å². The minimum absolute atomic E-state index is 0.103. The second kappa shape index (κ2) is 10.5. The van der Waals surface area contributed by atoms with Gasteiger partial charge in [0.25, 0.3) is 11.8 Å². The lowest BCUT2D eigenvalue weighted by molar-refractivity contribution is 0.0744. The predicted octanol–water partition coefficient (Wildman–Crippen LogP) is 4.22. The van der Waals surface area contributed by atoms with E-state index in [2.05, 4.69) is 42.3 Å².